The number of aryl methyl sites for hydroxylation is 1. The monoisotopic (exact) mass is 446 g/mol. The number of aromatic nitrogens is 2. The highest BCUT2D eigenvalue weighted by atomic mass is 32.2. The number of ether oxygens (including phenoxy) is 1. The van der Waals surface area contributed by atoms with Crippen molar-refractivity contribution < 1.29 is 17.9 Å². The predicted molar refractivity (Wildman–Crippen MR) is 119 cm³/mol. The molecule has 1 heterocycles. The van der Waals surface area contributed by atoms with E-state index in [2.05, 4.69) is 15.5 Å². The zero-order valence-electron chi connectivity index (χ0n) is 16.8. The lowest BCUT2D eigenvalue weighted by Crippen LogP contribution is -2.38. The number of carbonyl (C=O) groups is 1. The molecule has 0 spiro atoms. The molecule has 0 unspecified atom stereocenters. The van der Waals surface area contributed by atoms with Crippen LogP contribution in [0.15, 0.2) is 48.5 Å². The van der Waals surface area contributed by atoms with Gasteiger partial charge in [-0.2, -0.15) is 0 Å². The van der Waals surface area contributed by atoms with Crippen LogP contribution in [0.3, 0.4) is 0 Å². The number of para-hydroxylation sites is 1. The molecular formula is C20H22N4O4S2. The number of sulfonamides is 1. The van der Waals surface area contributed by atoms with Crippen molar-refractivity contribution in [3.05, 3.63) is 54.1 Å². The highest BCUT2D eigenvalue weighted by Crippen LogP contribution is 2.28. The van der Waals surface area contributed by atoms with Crippen LogP contribution < -0.4 is 14.4 Å². The van der Waals surface area contributed by atoms with Crippen molar-refractivity contribution in [2.75, 3.05) is 29.5 Å². The number of carbonyl (C=O) groups excluding carboxylic acids is 1. The summed E-state index contributed by atoms with van der Waals surface area (Å²) in [5, 5.41) is 11.6. The first-order valence-electron chi connectivity index (χ1n) is 9.15. The summed E-state index contributed by atoms with van der Waals surface area (Å²) in [4.78, 5) is 12.6. The number of methoxy groups -OCH3 is 1. The summed E-state index contributed by atoms with van der Waals surface area (Å²) >= 11 is 1.20. The smallest absolute Gasteiger partial charge is 0.246 e. The van der Waals surface area contributed by atoms with Crippen molar-refractivity contribution in [2.45, 2.75) is 13.3 Å². The second-order valence-electron chi connectivity index (χ2n) is 6.44. The van der Waals surface area contributed by atoms with Crippen molar-refractivity contribution in [1.29, 1.82) is 0 Å². The molecule has 1 amide bonds. The first kappa shape index (κ1) is 21.7. The molecule has 2 aromatic carbocycles. The summed E-state index contributed by atoms with van der Waals surface area (Å²) in [6.07, 6.45) is 1.73. The molecule has 1 N–H and O–H groups in total. The highest BCUT2D eigenvalue weighted by molar-refractivity contribution is 7.92. The van der Waals surface area contributed by atoms with Crippen molar-refractivity contribution in [1.82, 2.24) is 10.2 Å². The Morgan fingerprint density at radius 3 is 2.47 bits per heavy atom. The number of rotatable bonds is 8. The summed E-state index contributed by atoms with van der Waals surface area (Å²) in [6.45, 7) is 1.58. The first-order chi connectivity index (χ1) is 14.3. The fourth-order valence-corrected chi connectivity index (χ4v) is 4.50. The van der Waals surface area contributed by atoms with Gasteiger partial charge in [0.2, 0.25) is 21.1 Å². The Morgan fingerprint density at radius 2 is 1.83 bits per heavy atom. The van der Waals surface area contributed by atoms with Crippen LogP contribution >= 0.6 is 11.3 Å². The average molecular weight is 447 g/mol. The molecule has 3 aromatic rings. The Bertz CT molecular complexity index is 1130. The summed E-state index contributed by atoms with van der Waals surface area (Å²) in [5.74, 6) is 0.230. The number of hydrogen-bond acceptors (Lipinski definition) is 7. The van der Waals surface area contributed by atoms with Crippen molar-refractivity contribution in [3.63, 3.8) is 0 Å². The maximum Gasteiger partial charge on any atom is 0.246 e. The van der Waals surface area contributed by atoms with Gasteiger partial charge >= 0.3 is 0 Å². The van der Waals surface area contributed by atoms with Crippen molar-refractivity contribution in [2.24, 2.45) is 0 Å². The van der Waals surface area contributed by atoms with Crippen LogP contribution in [0.4, 0.5) is 10.8 Å². The second-order valence-corrected chi connectivity index (χ2v) is 9.33. The van der Waals surface area contributed by atoms with E-state index in [1.807, 2.05) is 43.3 Å². The maximum absolute atomic E-state index is 12.6. The lowest BCUT2D eigenvalue weighted by Gasteiger charge is -2.23. The van der Waals surface area contributed by atoms with E-state index in [-0.39, 0.29) is 6.54 Å². The molecule has 10 heteroatoms. The van der Waals surface area contributed by atoms with E-state index in [0.717, 1.165) is 27.4 Å². The topological polar surface area (TPSA) is 101 Å². The molecule has 0 atom stereocenters. The Kier molecular flexibility index (Phi) is 6.68. The van der Waals surface area contributed by atoms with Gasteiger partial charge in [0, 0.05) is 5.56 Å². The Hall–Kier alpha value is -2.98. The van der Waals surface area contributed by atoms with E-state index < -0.39 is 15.9 Å². The Morgan fingerprint density at radius 1 is 1.13 bits per heavy atom. The highest BCUT2D eigenvalue weighted by Gasteiger charge is 2.23. The van der Waals surface area contributed by atoms with E-state index in [1.54, 1.807) is 19.2 Å². The molecule has 8 nitrogen and oxygen atoms in total. The number of amides is 1. The molecule has 158 valence electrons. The third kappa shape index (κ3) is 5.14. The van der Waals surface area contributed by atoms with Gasteiger partial charge in [-0.05, 0) is 42.3 Å². The van der Waals surface area contributed by atoms with Crippen molar-refractivity contribution in [3.8, 4) is 16.3 Å². The molecule has 1 aromatic heterocycles. The van der Waals surface area contributed by atoms with Gasteiger partial charge in [-0.15, -0.1) is 10.2 Å². The van der Waals surface area contributed by atoms with Gasteiger partial charge in [0.25, 0.3) is 0 Å². The Labute approximate surface area is 179 Å². The maximum atomic E-state index is 12.6. The van der Waals surface area contributed by atoms with Crippen molar-refractivity contribution >= 4 is 38.1 Å². The van der Waals surface area contributed by atoms with E-state index in [1.165, 1.54) is 11.3 Å². The number of nitrogens with zero attached hydrogens (tertiary/aromatic N) is 3. The lowest BCUT2D eigenvalue weighted by atomic mass is 10.1. The molecule has 3 rings (SSSR count). The predicted octanol–water partition coefficient (Wildman–Crippen LogP) is 3.18. The average Bonchev–Trinajstić information content (AvgIpc) is 3.19. The van der Waals surface area contributed by atoms with Crippen LogP contribution in [0.2, 0.25) is 0 Å². The summed E-state index contributed by atoms with van der Waals surface area (Å²) in [7, 11) is -2.06. The van der Waals surface area contributed by atoms with E-state index in [9.17, 15) is 13.2 Å². The zero-order valence-corrected chi connectivity index (χ0v) is 18.5. The second kappa shape index (κ2) is 9.23. The van der Waals surface area contributed by atoms with Gasteiger partial charge in [-0.25, -0.2) is 8.42 Å². The van der Waals surface area contributed by atoms with Crippen LogP contribution in [0.25, 0.3) is 10.6 Å². The van der Waals surface area contributed by atoms with Crippen LogP contribution in [0, 0.1) is 0 Å². The largest absolute Gasteiger partial charge is 0.497 e. The fraction of sp³-hybridized carbons (Fsp3) is 0.250. The Balaban J connectivity index is 1.75. The standard InChI is InChI=1S/C20H22N4O4S2/c1-4-14-7-5-6-8-17(14)24(30(3,26)27)13-18(25)21-20-23-22-19(29-20)15-9-11-16(28-2)12-10-15/h5-12H,4,13H2,1-3H3,(H,21,23,25). The molecule has 0 radical (unpaired) electrons. The normalized spacial score (nSPS) is 11.2. The van der Waals surface area contributed by atoms with Gasteiger partial charge in [0.15, 0.2) is 0 Å². The molecule has 0 fully saturated rings. The van der Waals surface area contributed by atoms with Gasteiger partial charge in [-0.1, -0.05) is 36.5 Å². The molecule has 0 bridgehead atoms. The molecule has 0 saturated carbocycles. The van der Waals surface area contributed by atoms with E-state index in [0.29, 0.717) is 22.2 Å². The van der Waals surface area contributed by atoms with Crippen LogP contribution in [0.1, 0.15) is 12.5 Å². The summed E-state index contributed by atoms with van der Waals surface area (Å²) in [6, 6.07) is 14.4. The SMILES string of the molecule is CCc1ccccc1N(CC(=O)Nc1nnc(-c2ccc(OC)cc2)s1)S(C)(=O)=O. The molecule has 0 aliphatic heterocycles. The number of hydrogen-bond donors (Lipinski definition) is 1. The minimum Gasteiger partial charge on any atom is -0.497 e. The van der Waals surface area contributed by atoms with Crippen LogP contribution in [0.5, 0.6) is 5.75 Å². The number of benzene rings is 2. The summed E-state index contributed by atoms with van der Waals surface area (Å²) < 4.78 is 30.9. The lowest BCUT2D eigenvalue weighted by molar-refractivity contribution is -0.114. The minimum atomic E-state index is -3.65. The van der Waals surface area contributed by atoms with E-state index in [4.69, 9.17) is 4.74 Å². The van der Waals surface area contributed by atoms with Gasteiger partial charge in [0.05, 0.1) is 19.1 Å². The molecule has 0 aliphatic rings. The summed E-state index contributed by atoms with van der Waals surface area (Å²) in [5.41, 5.74) is 2.17. The van der Waals surface area contributed by atoms with Gasteiger partial charge < -0.3 is 4.74 Å². The third-order valence-corrected chi connectivity index (χ3v) is 6.35. The molecule has 30 heavy (non-hydrogen) atoms. The number of anilines is 2. The first-order valence-corrected chi connectivity index (χ1v) is 11.8. The molecular weight excluding hydrogens is 424 g/mol. The van der Waals surface area contributed by atoms with Gasteiger partial charge in [0.1, 0.15) is 17.3 Å². The fourth-order valence-electron chi connectivity index (χ4n) is 2.85. The quantitative estimate of drug-likeness (QED) is 0.570. The van der Waals surface area contributed by atoms with Gasteiger partial charge in [-0.3, -0.25) is 14.4 Å². The van der Waals surface area contributed by atoms with Crippen LogP contribution in [-0.2, 0) is 21.2 Å². The third-order valence-electron chi connectivity index (χ3n) is 4.34. The number of nitrogens with one attached hydrogen (secondary N) is 1. The van der Waals surface area contributed by atoms with E-state index >= 15 is 0 Å². The zero-order chi connectivity index (χ0) is 21.7. The minimum absolute atomic E-state index is 0.294. The molecule has 0 saturated heterocycles. The van der Waals surface area contributed by atoms with Crippen LogP contribution in [-0.4, -0.2) is 44.4 Å². The molecule has 0 aliphatic carbocycles.